The lowest BCUT2D eigenvalue weighted by Crippen LogP contribution is -1.93. The Morgan fingerprint density at radius 2 is 1.64 bits per heavy atom. The summed E-state index contributed by atoms with van der Waals surface area (Å²) in [6.07, 6.45) is 1.16. The fraction of sp³-hybridized carbons (Fsp3) is 0.462. The molecule has 1 heteroatoms. The summed E-state index contributed by atoms with van der Waals surface area (Å²) in [6, 6.07) is 10.6. The lowest BCUT2D eigenvalue weighted by atomic mass is 9.95. The van der Waals surface area contributed by atoms with Crippen LogP contribution < -0.4 is 0 Å². The molecule has 0 bridgehead atoms. The van der Waals surface area contributed by atoms with Gasteiger partial charge in [0.05, 0.1) is 12.0 Å². The van der Waals surface area contributed by atoms with Crippen molar-refractivity contribution < 1.29 is 0 Å². The normalized spacial score (nSPS) is 14.4. The molecule has 1 unspecified atom stereocenters. The fourth-order valence-electron chi connectivity index (χ4n) is 1.42. The van der Waals surface area contributed by atoms with Crippen LogP contribution in [0.3, 0.4) is 0 Å². The molecule has 1 nitrogen and oxygen atoms in total. The SMILES string of the molecule is CCC(C)c1ccc([C@H](C)C#N)cc1. The summed E-state index contributed by atoms with van der Waals surface area (Å²) in [7, 11) is 0. The van der Waals surface area contributed by atoms with Crippen LogP contribution >= 0.6 is 0 Å². The van der Waals surface area contributed by atoms with Gasteiger partial charge in [-0.1, -0.05) is 38.1 Å². The lowest BCUT2D eigenvalue weighted by molar-refractivity contribution is 0.732. The van der Waals surface area contributed by atoms with Gasteiger partial charge in [0, 0.05) is 0 Å². The third-order valence-electron chi connectivity index (χ3n) is 2.81. The highest BCUT2D eigenvalue weighted by atomic mass is 14.3. The van der Waals surface area contributed by atoms with Crippen molar-refractivity contribution in [1.82, 2.24) is 0 Å². The Morgan fingerprint density at radius 3 is 2.07 bits per heavy atom. The second-order valence-corrected chi connectivity index (χ2v) is 3.83. The van der Waals surface area contributed by atoms with Crippen molar-refractivity contribution in [3.8, 4) is 6.07 Å². The topological polar surface area (TPSA) is 23.8 Å². The van der Waals surface area contributed by atoms with Crippen molar-refractivity contribution in [2.45, 2.75) is 39.0 Å². The van der Waals surface area contributed by atoms with Crippen molar-refractivity contribution in [3.05, 3.63) is 35.4 Å². The summed E-state index contributed by atoms with van der Waals surface area (Å²) in [4.78, 5) is 0. The van der Waals surface area contributed by atoms with Gasteiger partial charge in [0.25, 0.3) is 0 Å². The summed E-state index contributed by atoms with van der Waals surface area (Å²) >= 11 is 0. The van der Waals surface area contributed by atoms with Crippen LogP contribution in [0.2, 0.25) is 0 Å². The number of rotatable bonds is 3. The Bertz CT molecular complexity index is 318. The molecule has 2 atom stereocenters. The first-order valence-corrected chi connectivity index (χ1v) is 5.18. The van der Waals surface area contributed by atoms with Gasteiger partial charge in [0.1, 0.15) is 0 Å². The van der Waals surface area contributed by atoms with Crippen LogP contribution in [0.5, 0.6) is 0 Å². The molecule has 0 saturated heterocycles. The molecule has 74 valence electrons. The largest absolute Gasteiger partial charge is 0.198 e. The zero-order valence-electron chi connectivity index (χ0n) is 9.12. The van der Waals surface area contributed by atoms with Crippen LogP contribution in [-0.2, 0) is 0 Å². The Balaban J connectivity index is 2.84. The molecule has 1 rings (SSSR count). The monoisotopic (exact) mass is 187 g/mol. The van der Waals surface area contributed by atoms with Gasteiger partial charge >= 0.3 is 0 Å². The first-order chi connectivity index (χ1) is 6.69. The fourth-order valence-corrected chi connectivity index (χ4v) is 1.42. The van der Waals surface area contributed by atoms with E-state index in [4.69, 9.17) is 5.26 Å². The highest BCUT2D eigenvalue weighted by molar-refractivity contribution is 5.29. The number of hydrogen-bond acceptors (Lipinski definition) is 1. The van der Waals surface area contributed by atoms with Crippen LogP contribution in [0.1, 0.15) is 50.2 Å². The average Bonchev–Trinajstić information content (AvgIpc) is 2.27. The molecule has 1 aromatic carbocycles. The molecular formula is C13H17N. The Labute approximate surface area is 86.4 Å². The van der Waals surface area contributed by atoms with E-state index in [-0.39, 0.29) is 5.92 Å². The highest BCUT2D eigenvalue weighted by Crippen LogP contribution is 2.21. The first-order valence-electron chi connectivity index (χ1n) is 5.18. The van der Waals surface area contributed by atoms with E-state index in [2.05, 4.69) is 44.2 Å². The maximum atomic E-state index is 8.76. The van der Waals surface area contributed by atoms with Crippen LogP contribution in [0.4, 0.5) is 0 Å². The second kappa shape index (κ2) is 4.81. The minimum Gasteiger partial charge on any atom is -0.198 e. The molecule has 0 aromatic heterocycles. The molecule has 0 radical (unpaired) electrons. The summed E-state index contributed by atoms with van der Waals surface area (Å²) < 4.78 is 0. The minimum atomic E-state index is 0.000910. The third-order valence-corrected chi connectivity index (χ3v) is 2.81. The van der Waals surface area contributed by atoms with E-state index in [0.717, 1.165) is 12.0 Å². The summed E-state index contributed by atoms with van der Waals surface area (Å²) in [5, 5.41) is 8.76. The van der Waals surface area contributed by atoms with Crippen molar-refractivity contribution in [2.75, 3.05) is 0 Å². The van der Waals surface area contributed by atoms with E-state index in [1.54, 1.807) is 0 Å². The van der Waals surface area contributed by atoms with E-state index in [1.807, 2.05) is 6.92 Å². The molecule has 0 amide bonds. The number of benzene rings is 1. The molecule has 0 aliphatic rings. The quantitative estimate of drug-likeness (QED) is 0.705. The predicted molar refractivity (Wildman–Crippen MR) is 59.2 cm³/mol. The zero-order chi connectivity index (χ0) is 10.6. The molecule has 0 N–H and O–H groups in total. The lowest BCUT2D eigenvalue weighted by Gasteiger charge is -2.10. The summed E-state index contributed by atoms with van der Waals surface area (Å²) in [5.41, 5.74) is 2.47. The van der Waals surface area contributed by atoms with Gasteiger partial charge < -0.3 is 0 Å². The van der Waals surface area contributed by atoms with Crippen molar-refractivity contribution >= 4 is 0 Å². The molecule has 14 heavy (non-hydrogen) atoms. The summed E-state index contributed by atoms with van der Waals surface area (Å²) in [6.45, 7) is 6.34. The number of nitriles is 1. The van der Waals surface area contributed by atoms with Crippen LogP contribution in [-0.4, -0.2) is 0 Å². The van der Waals surface area contributed by atoms with Crippen LogP contribution in [0.15, 0.2) is 24.3 Å². The minimum absolute atomic E-state index is 0.000910. The van der Waals surface area contributed by atoms with Crippen molar-refractivity contribution in [1.29, 1.82) is 5.26 Å². The average molecular weight is 187 g/mol. The number of hydrogen-bond donors (Lipinski definition) is 0. The third kappa shape index (κ3) is 2.35. The van der Waals surface area contributed by atoms with Crippen LogP contribution in [0.25, 0.3) is 0 Å². The molecule has 0 heterocycles. The summed E-state index contributed by atoms with van der Waals surface area (Å²) in [5.74, 6) is 0.613. The molecule has 0 aliphatic carbocycles. The van der Waals surface area contributed by atoms with Gasteiger partial charge in [-0.25, -0.2) is 0 Å². The van der Waals surface area contributed by atoms with Gasteiger partial charge in [0.15, 0.2) is 0 Å². The molecule has 0 aliphatic heterocycles. The maximum Gasteiger partial charge on any atom is 0.0700 e. The maximum absolute atomic E-state index is 8.76. The van der Waals surface area contributed by atoms with E-state index in [0.29, 0.717) is 5.92 Å². The molecular weight excluding hydrogens is 170 g/mol. The first kappa shape index (κ1) is 10.8. The van der Waals surface area contributed by atoms with Gasteiger partial charge in [0.2, 0.25) is 0 Å². The standard InChI is InChI=1S/C13H17N/c1-4-10(2)12-5-7-13(8-6-12)11(3)9-14/h5-8,10-11H,4H2,1-3H3/t10?,11-/m1/s1. The zero-order valence-corrected chi connectivity index (χ0v) is 9.12. The van der Waals surface area contributed by atoms with E-state index < -0.39 is 0 Å². The second-order valence-electron chi connectivity index (χ2n) is 3.83. The van der Waals surface area contributed by atoms with Gasteiger partial charge in [-0.05, 0) is 30.4 Å². The molecule has 0 spiro atoms. The van der Waals surface area contributed by atoms with Gasteiger partial charge in [-0.15, -0.1) is 0 Å². The van der Waals surface area contributed by atoms with Crippen molar-refractivity contribution in [2.24, 2.45) is 0 Å². The van der Waals surface area contributed by atoms with Crippen molar-refractivity contribution in [3.63, 3.8) is 0 Å². The van der Waals surface area contributed by atoms with Crippen LogP contribution in [0, 0.1) is 11.3 Å². The highest BCUT2D eigenvalue weighted by Gasteiger charge is 2.05. The molecule has 0 saturated carbocycles. The molecule has 0 fully saturated rings. The number of nitrogens with zero attached hydrogens (tertiary/aromatic N) is 1. The Morgan fingerprint density at radius 1 is 1.14 bits per heavy atom. The molecule has 1 aromatic rings. The predicted octanol–water partition coefficient (Wildman–Crippen LogP) is 3.83. The van der Waals surface area contributed by atoms with E-state index in [9.17, 15) is 0 Å². The van der Waals surface area contributed by atoms with Gasteiger partial charge in [-0.2, -0.15) is 5.26 Å². The van der Waals surface area contributed by atoms with E-state index >= 15 is 0 Å². The smallest absolute Gasteiger partial charge is 0.0700 e. The Kier molecular flexibility index (Phi) is 3.71. The van der Waals surface area contributed by atoms with Gasteiger partial charge in [-0.3, -0.25) is 0 Å². The van der Waals surface area contributed by atoms with E-state index in [1.165, 1.54) is 5.56 Å². The Hall–Kier alpha value is -1.29.